The summed E-state index contributed by atoms with van der Waals surface area (Å²) >= 11 is 0. The van der Waals surface area contributed by atoms with E-state index in [1.165, 1.54) is 18.2 Å². The first-order valence-electron chi connectivity index (χ1n) is 5.29. The van der Waals surface area contributed by atoms with Crippen LogP contribution >= 0.6 is 0 Å². The monoisotopic (exact) mass is 242 g/mol. The summed E-state index contributed by atoms with van der Waals surface area (Å²) in [6.45, 7) is 1.94. The smallest absolute Gasteiger partial charge is 0.379 e. The van der Waals surface area contributed by atoms with Crippen molar-refractivity contribution in [2.45, 2.75) is 32.0 Å². The minimum absolute atomic E-state index is 0.191. The fourth-order valence-corrected chi connectivity index (χ4v) is 1.31. The molecule has 0 fully saturated rings. The number of hydrogen-bond acceptors (Lipinski definition) is 1. The molecule has 1 N–H and O–H groups in total. The second-order valence-corrected chi connectivity index (χ2v) is 3.58. The van der Waals surface area contributed by atoms with Gasteiger partial charge in [0.2, 0.25) is 0 Å². The molecule has 0 heterocycles. The van der Waals surface area contributed by atoms with Crippen molar-refractivity contribution in [2.75, 3.05) is 0 Å². The molecule has 0 aliphatic rings. The molecule has 0 bridgehead atoms. The Hall–Kier alpha value is -1.47. The van der Waals surface area contributed by atoms with Gasteiger partial charge in [0.1, 0.15) is 0 Å². The highest BCUT2D eigenvalue weighted by molar-refractivity contribution is 5.42. The van der Waals surface area contributed by atoms with Crippen molar-refractivity contribution in [1.82, 2.24) is 0 Å². The molecular formula is C13H13F3O. The van der Waals surface area contributed by atoms with Crippen molar-refractivity contribution in [3.8, 4) is 11.8 Å². The first-order chi connectivity index (χ1) is 7.96. The van der Waals surface area contributed by atoms with Crippen LogP contribution in [0.15, 0.2) is 24.3 Å². The highest BCUT2D eigenvalue weighted by Gasteiger charge is 2.40. The molecule has 4 heteroatoms. The Labute approximate surface area is 98.3 Å². The minimum Gasteiger partial charge on any atom is -0.379 e. The number of aliphatic hydroxyl groups is 1. The van der Waals surface area contributed by atoms with Gasteiger partial charge in [-0.1, -0.05) is 37.0 Å². The lowest BCUT2D eigenvalue weighted by atomic mass is 10.0. The average molecular weight is 242 g/mol. The lowest BCUT2D eigenvalue weighted by molar-refractivity contribution is -0.206. The van der Waals surface area contributed by atoms with E-state index in [1.54, 1.807) is 6.07 Å². The van der Waals surface area contributed by atoms with E-state index in [0.29, 0.717) is 6.42 Å². The Balaban J connectivity index is 3.05. The van der Waals surface area contributed by atoms with Gasteiger partial charge in [0.25, 0.3) is 0 Å². The zero-order valence-corrected chi connectivity index (χ0v) is 9.38. The summed E-state index contributed by atoms with van der Waals surface area (Å²) < 4.78 is 37.2. The minimum atomic E-state index is -4.66. The number of benzene rings is 1. The zero-order valence-electron chi connectivity index (χ0n) is 9.38. The Bertz CT molecular complexity index is 426. The molecule has 0 aliphatic heterocycles. The van der Waals surface area contributed by atoms with Crippen LogP contribution in [-0.2, 0) is 0 Å². The molecule has 92 valence electrons. The van der Waals surface area contributed by atoms with E-state index in [1.807, 2.05) is 6.92 Å². The summed E-state index contributed by atoms with van der Waals surface area (Å²) in [6.07, 6.45) is -5.68. The standard InChI is InChI=1S/C13H13F3O/c1-2-3-4-7-10-8-5-6-9-11(10)12(17)13(14,15)16/h5-6,8-9,12,17H,2-3H2,1H3. The van der Waals surface area contributed by atoms with Gasteiger partial charge >= 0.3 is 6.18 Å². The molecule has 1 unspecified atom stereocenters. The first kappa shape index (κ1) is 13.6. The maximum atomic E-state index is 12.4. The van der Waals surface area contributed by atoms with E-state index >= 15 is 0 Å². The van der Waals surface area contributed by atoms with Crippen molar-refractivity contribution in [1.29, 1.82) is 0 Å². The van der Waals surface area contributed by atoms with Crippen molar-refractivity contribution < 1.29 is 18.3 Å². The van der Waals surface area contributed by atoms with Gasteiger partial charge < -0.3 is 5.11 Å². The third kappa shape index (κ3) is 3.79. The predicted molar refractivity (Wildman–Crippen MR) is 59.2 cm³/mol. The third-order valence-corrected chi connectivity index (χ3v) is 2.16. The Morgan fingerprint density at radius 1 is 1.29 bits per heavy atom. The third-order valence-electron chi connectivity index (χ3n) is 2.16. The second kappa shape index (κ2) is 5.74. The number of hydrogen-bond donors (Lipinski definition) is 1. The molecule has 0 amide bonds. The van der Waals surface area contributed by atoms with Gasteiger partial charge in [0.05, 0.1) is 0 Å². The summed E-state index contributed by atoms with van der Waals surface area (Å²) in [5, 5.41) is 9.20. The molecule has 1 rings (SSSR count). The summed E-state index contributed by atoms with van der Waals surface area (Å²) in [5.74, 6) is 5.43. The molecule has 0 aromatic heterocycles. The van der Waals surface area contributed by atoms with Crippen LogP contribution in [0.3, 0.4) is 0 Å². The van der Waals surface area contributed by atoms with Crippen molar-refractivity contribution >= 4 is 0 Å². The first-order valence-corrected chi connectivity index (χ1v) is 5.29. The summed E-state index contributed by atoms with van der Waals surface area (Å²) in [5.41, 5.74) is 0.0365. The van der Waals surface area contributed by atoms with Crippen LogP contribution < -0.4 is 0 Å². The fraction of sp³-hybridized carbons (Fsp3) is 0.385. The number of unbranched alkanes of at least 4 members (excludes halogenated alkanes) is 1. The maximum absolute atomic E-state index is 12.4. The maximum Gasteiger partial charge on any atom is 0.418 e. The lowest BCUT2D eigenvalue weighted by Gasteiger charge is -2.16. The molecular weight excluding hydrogens is 229 g/mol. The van der Waals surface area contributed by atoms with Gasteiger partial charge in [0.15, 0.2) is 6.10 Å². The van der Waals surface area contributed by atoms with Gasteiger partial charge in [-0.05, 0) is 12.5 Å². The molecule has 0 saturated carbocycles. The van der Waals surface area contributed by atoms with Gasteiger partial charge in [-0.3, -0.25) is 0 Å². The molecule has 0 saturated heterocycles. The SMILES string of the molecule is CCCC#Cc1ccccc1C(O)C(F)(F)F. The highest BCUT2D eigenvalue weighted by atomic mass is 19.4. The molecule has 17 heavy (non-hydrogen) atoms. The highest BCUT2D eigenvalue weighted by Crippen LogP contribution is 2.33. The average Bonchev–Trinajstić information content (AvgIpc) is 2.28. The fourth-order valence-electron chi connectivity index (χ4n) is 1.31. The molecule has 1 atom stereocenters. The normalized spacial score (nSPS) is 12.8. The molecule has 1 aromatic rings. The van der Waals surface area contributed by atoms with E-state index in [9.17, 15) is 18.3 Å². The van der Waals surface area contributed by atoms with Crippen LogP contribution in [0.4, 0.5) is 13.2 Å². The van der Waals surface area contributed by atoms with E-state index in [2.05, 4.69) is 11.8 Å². The van der Waals surface area contributed by atoms with E-state index < -0.39 is 12.3 Å². The van der Waals surface area contributed by atoms with Gasteiger partial charge in [-0.2, -0.15) is 13.2 Å². The predicted octanol–water partition coefficient (Wildman–Crippen LogP) is 3.43. The lowest BCUT2D eigenvalue weighted by Crippen LogP contribution is -2.21. The van der Waals surface area contributed by atoms with E-state index in [0.717, 1.165) is 6.42 Å². The van der Waals surface area contributed by atoms with Gasteiger partial charge in [-0.25, -0.2) is 0 Å². The zero-order chi connectivity index (χ0) is 12.9. The number of rotatable bonds is 2. The van der Waals surface area contributed by atoms with Crippen LogP contribution in [0.2, 0.25) is 0 Å². The van der Waals surface area contributed by atoms with Gasteiger partial charge in [-0.15, -0.1) is 0 Å². The topological polar surface area (TPSA) is 20.2 Å². The van der Waals surface area contributed by atoms with Crippen molar-refractivity contribution in [3.63, 3.8) is 0 Å². The number of aliphatic hydroxyl groups excluding tert-OH is 1. The van der Waals surface area contributed by atoms with Gasteiger partial charge in [0, 0.05) is 17.5 Å². The number of halogens is 3. The van der Waals surface area contributed by atoms with Crippen LogP contribution in [0, 0.1) is 11.8 Å². The molecule has 0 aliphatic carbocycles. The summed E-state index contributed by atoms with van der Waals surface area (Å²) in [7, 11) is 0. The molecule has 1 aromatic carbocycles. The van der Waals surface area contributed by atoms with Crippen LogP contribution in [0.25, 0.3) is 0 Å². The van der Waals surface area contributed by atoms with Crippen molar-refractivity contribution in [2.24, 2.45) is 0 Å². The Morgan fingerprint density at radius 2 is 1.94 bits per heavy atom. The Morgan fingerprint density at radius 3 is 2.53 bits per heavy atom. The van der Waals surface area contributed by atoms with Crippen LogP contribution in [0.5, 0.6) is 0 Å². The van der Waals surface area contributed by atoms with E-state index in [4.69, 9.17) is 0 Å². The summed E-state index contributed by atoms with van der Waals surface area (Å²) in [6, 6.07) is 5.78. The second-order valence-electron chi connectivity index (χ2n) is 3.58. The quantitative estimate of drug-likeness (QED) is 0.788. The Kier molecular flexibility index (Phi) is 4.59. The largest absolute Gasteiger partial charge is 0.418 e. The number of alkyl halides is 3. The summed E-state index contributed by atoms with van der Waals surface area (Å²) in [4.78, 5) is 0. The van der Waals surface area contributed by atoms with Crippen LogP contribution in [0.1, 0.15) is 37.0 Å². The van der Waals surface area contributed by atoms with Crippen LogP contribution in [-0.4, -0.2) is 11.3 Å². The molecule has 0 spiro atoms. The molecule has 0 radical (unpaired) electrons. The van der Waals surface area contributed by atoms with E-state index in [-0.39, 0.29) is 11.1 Å². The van der Waals surface area contributed by atoms with Crippen molar-refractivity contribution in [3.05, 3.63) is 35.4 Å². The molecule has 1 nitrogen and oxygen atoms in total.